The van der Waals surface area contributed by atoms with E-state index < -0.39 is 22.5 Å². The van der Waals surface area contributed by atoms with Crippen molar-refractivity contribution in [1.29, 1.82) is 0 Å². The van der Waals surface area contributed by atoms with Crippen LogP contribution < -0.4 is 10.0 Å². The fourth-order valence-corrected chi connectivity index (χ4v) is 3.37. The highest BCUT2D eigenvalue weighted by Gasteiger charge is 2.26. The third-order valence-electron chi connectivity index (χ3n) is 3.33. The van der Waals surface area contributed by atoms with Gasteiger partial charge in [0.2, 0.25) is 10.0 Å². The van der Waals surface area contributed by atoms with Crippen LogP contribution in [0.1, 0.15) is 24.5 Å². The summed E-state index contributed by atoms with van der Waals surface area (Å²) in [6, 6.07) is 3.81. The lowest BCUT2D eigenvalue weighted by Crippen LogP contribution is -2.40. The van der Waals surface area contributed by atoms with E-state index >= 15 is 0 Å². The second kappa shape index (κ2) is 6.15. The molecule has 20 heavy (non-hydrogen) atoms. The molecule has 112 valence electrons. The zero-order valence-electron chi connectivity index (χ0n) is 11.2. The minimum atomic E-state index is -3.51. The second-order valence-electron chi connectivity index (χ2n) is 4.85. The zero-order valence-corrected chi connectivity index (χ0v) is 12.0. The number of rotatable bonds is 5. The van der Waals surface area contributed by atoms with Gasteiger partial charge in [-0.05, 0) is 36.1 Å². The molecule has 1 atom stereocenters. The molecule has 1 heterocycles. The van der Waals surface area contributed by atoms with Gasteiger partial charge in [-0.2, -0.15) is 0 Å². The normalized spacial score (nSPS) is 19.1. The summed E-state index contributed by atoms with van der Waals surface area (Å²) >= 11 is 0. The van der Waals surface area contributed by atoms with E-state index in [-0.39, 0.29) is 17.9 Å². The van der Waals surface area contributed by atoms with Crippen LogP contribution in [0.25, 0.3) is 0 Å². The van der Waals surface area contributed by atoms with Crippen LogP contribution in [0.5, 0.6) is 0 Å². The van der Waals surface area contributed by atoms with Gasteiger partial charge >= 0.3 is 0 Å². The SMILES string of the molecule is CCCNS(=O)(=O)c1ccc2c(c1)CNC(C(F)F)C2. The first-order chi connectivity index (χ1) is 9.44. The van der Waals surface area contributed by atoms with Crippen LogP contribution in [0, 0.1) is 0 Å². The molecule has 0 aliphatic carbocycles. The molecule has 1 aromatic carbocycles. The maximum absolute atomic E-state index is 12.7. The Hall–Kier alpha value is -1.05. The van der Waals surface area contributed by atoms with Crippen molar-refractivity contribution in [1.82, 2.24) is 10.0 Å². The van der Waals surface area contributed by atoms with E-state index in [1.54, 1.807) is 12.1 Å². The monoisotopic (exact) mass is 304 g/mol. The van der Waals surface area contributed by atoms with Crippen LogP contribution in [0.3, 0.4) is 0 Å². The van der Waals surface area contributed by atoms with Crippen molar-refractivity contribution in [2.45, 2.75) is 43.7 Å². The van der Waals surface area contributed by atoms with Crippen LogP contribution in [-0.4, -0.2) is 27.4 Å². The Morgan fingerprint density at radius 3 is 2.80 bits per heavy atom. The highest BCUT2D eigenvalue weighted by Crippen LogP contribution is 2.23. The van der Waals surface area contributed by atoms with E-state index in [1.165, 1.54) is 6.07 Å². The van der Waals surface area contributed by atoms with Crippen molar-refractivity contribution in [3.05, 3.63) is 29.3 Å². The van der Waals surface area contributed by atoms with Gasteiger partial charge in [0.25, 0.3) is 6.43 Å². The summed E-state index contributed by atoms with van der Waals surface area (Å²) in [6.07, 6.45) is -1.49. The van der Waals surface area contributed by atoms with Gasteiger partial charge in [0, 0.05) is 13.1 Å². The fraction of sp³-hybridized carbons (Fsp3) is 0.538. The molecule has 0 spiro atoms. The summed E-state index contributed by atoms with van der Waals surface area (Å²) in [4.78, 5) is 0.182. The van der Waals surface area contributed by atoms with Crippen molar-refractivity contribution in [3.63, 3.8) is 0 Å². The Morgan fingerprint density at radius 2 is 2.15 bits per heavy atom. The van der Waals surface area contributed by atoms with E-state index in [0.717, 1.165) is 11.1 Å². The molecular weight excluding hydrogens is 286 g/mol. The molecule has 0 amide bonds. The standard InChI is InChI=1S/C13H18F2N2O2S/c1-2-5-17-20(18,19)11-4-3-9-7-12(13(14)15)16-8-10(9)6-11/h3-4,6,12-13,16-17H,2,5,7-8H2,1H3. The molecule has 4 nitrogen and oxygen atoms in total. The topological polar surface area (TPSA) is 58.2 Å². The lowest BCUT2D eigenvalue weighted by Gasteiger charge is -2.25. The molecule has 1 aliphatic rings. The molecule has 0 bridgehead atoms. The smallest absolute Gasteiger partial charge is 0.254 e. The van der Waals surface area contributed by atoms with E-state index in [1.807, 2.05) is 6.92 Å². The number of fused-ring (bicyclic) bond motifs is 1. The largest absolute Gasteiger partial charge is 0.304 e. The van der Waals surface area contributed by atoms with Gasteiger partial charge in [-0.25, -0.2) is 21.9 Å². The first kappa shape index (κ1) is 15.3. The first-order valence-corrected chi connectivity index (χ1v) is 8.05. The zero-order chi connectivity index (χ0) is 14.8. The lowest BCUT2D eigenvalue weighted by molar-refractivity contribution is 0.0941. The average molecular weight is 304 g/mol. The maximum atomic E-state index is 12.7. The van der Waals surface area contributed by atoms with Crippen LogP contribution in [0.15, 0.2) is 23.1 Å². The summed E-state index contributed by atoms with van der Waals surface area (Å²) in [7, 11) is -3.51. The number of halogens is 2. The molecule has 2 N–H and O–H groups in total. The van der Waals surface area contributed by atoms with Crippen molar-refractivity contribution in [3.8, 4) is 0 Å². The third-order valence-corrected chi connectivity index (χ3v) is 4.79. The average Bonchev–Trinajstić information content (AvgIpc) is 2.44. The predicted octanol–water partition coefficient (Wildman–Crippen LogP) is 1.65. The molecule has 1 aromatic rings. The van der Waals surface area contributed by atoms with Crippen LogP contribution >= 0.6 is 0 Å². The van der Waals surface area contributed by atoms with E-state index in [4.69, 9.17) is 0 Å². The highest BCUT2D eigenvalue weighted by molar-refractivity contribution is 7.89. The number of nitrogens with one attached hydrogen (secondary N) is 2. The van der Waals surface area contributed by atoms with Crippen molar-refractivity contribution >= 4 is 10.0 Å². The Bertz CT molecular complexity index is 576. The van der Waals surface area contributed by atoms with Gasteiger partial charge in [0.05, 0.1) is 10.9 Å². The summed E-state index contributed by atoms with van der Waals surface area (Å²) in [5.41, 5.74) is 1.55. The molecule has 0 aromatic heterocycles. The Kier molecular flexibility index (Phi) is 4.72. The van der Waals surface area contributed by atoms with Crippen molar-refractivity contribution in [2.24, 2.45) is 0 Å². The number of alkyl halides is 2. The van der Waals surface area contributed by atoms with Gasteiger partial charge in [-0.3, -0.25) is 0 Å². The molecular formula is C13H18F2N2O2S. The van der Waals surface area contributed by atoms with E-state index in [0.29, 0.717) is 13.0 Å². The summed E-state index contributed by atoms with van der Waals surface area (Å²) in [5.74, 6) is 0. The van der Waals surface area contributed by atoms with Gasteiger partial charge in [-0.1, -0.05) is 13.0 Å². The van der Waals surface area contributed by atoms with Gasteiger partial charge in [-0.15, -0.1) is 0 Å². The minimum absolute atomic E-state index is 0.182. The molecule has 1 unspecified atom stereocenters. The van der Waals surface area contributed by atoms with E-state index in [9.17, 15) is 17.2 Å². The maximum Gasteiger partial charge on any atom is 0.254 e. The van der Waals surface area contributed by atoms with Crippen LogP contribution in [0.4, 0.5) is 8.78 Å². The van der Waals surface area contributed by atoms with Crippen molar-refractivity contribution < 1.29 is 17.2 Å². The fourth-order valence-electron chi connectivity index (χ4n) is 2.18. The molecule has 0 radical (unpaired) electrons. The van der Waals surface area contributed by atoms with Crippen LogP contribution in [0.2, 0.25) is 0 Å². The minimum Gasteiger partial charge on any atom is -0.304 e. The highest BCUT2D eigenvalue weighted by atomic mass is 32.2. The Balaban J connectivity index is 2.22. The number of hydrogen-bond acceptors (Lipinski definition) is 3. The molecule has 0 saturated carbocycles. The summed E-state index contributed by atoms with van der Waals surface area (Å²) < 4.78 is 51.8. The first-order valence-electron chi connectivity index (χ1n) is 6.57. The molecule has 0 fully saturated rings. The summed E-state index contributed by atoms with van der Waals surface area (Å²) in [6.45, 7) is 2.52. The number of hydrogen-bond donors (Lipinski definition) is 2. The van der Waals surface area contributed by atoms with Crippen LogP contribution in [-0.2, 0) is 23.0 Å². The predicted molar refractivity (Wildman–Crippen MR) is 72.3 cm³/mol. The van der Waals surface area contributed by atoms with Gasteiger partial charge < -0.3 is 5.32 Å². The number of sulfonamides is 1. The number of benzene rings is 1. The quantitative estimate of drug-likeness (QED) is 0.870. The van der Waals surface area contributed by atoms with Crippen molar-refractivity contribution in [2.75, 3.05) is 6.54 Å². The third kappa shape index (κ3) is 3.34. The second-order valence-corrected chi connectivity index (χ2v) is 6.62. The lowest BCUT2D eigenvalue weighted by atomic mass is 9.96. The summed E-state index contributed by atoms with van der Waals surface area (Å²) in [5, 5.41) is 2.73. The molecule has 2 rings (SSSR count). The van der Waals surface area contributed by atoms with Gasteiger partial charge in [0.15, 0.2) is 0 Å². The molecule has 0 saturated heterocycles. The molecule has 7 heteroatoms. The Morgan fingerprint density at radius 1 is 1.40 bits per heavy atom. The van der Waals surface area contributed by atoms with Gasteiger partial charge in [0.1, 0.15) is 0 Å². The Labute approximate surface area is 117 Å². The van der Waals surface area contributed by atoms with E-state index in [2.05, 4.69) is 10.0 Å². The molecule has 1 aliphatic heterocycles.